The van der Waals surface area contributed by atoms with Crippen LogP contribution in [0.15, 0.2) is 24.3 Å². The Kier molecular flexibility index (Phi) is 5.58. The van der Waals surface area contributed by atoms with Crippen molar-refractivity contribution in [3.8, 4) is 0 Å². The normalized spacial score (nSPS) is 19.3. The fourth-order valence-corrected chi connectivity index (χ4v) is 2.65. The van der Waals surface area contributed by atoms with E-state index < -0.39 is 0 Å². The van der Waals surface area contributed by atoms with Gasteiger partial charge in [-0.15, -0.1) is 0 Å². The van der Waals surface area contributed by atoms with Gasteiger partial charge >= 0.3 is 0 Å². The zero-order chi connectivity index (χ0) is 16.1. The van der Waals surface area contributed by atoms with Gasteiger partial charge in [-0.25, -0.2) is 0 Å². The van der Waals surface area contributed by atoms with Crippen LogP contribution < -0.4 is 5.32 Å². The van der Waals surface area contributed by atoms with Gasteiger partial charge in [0.1, 0.15) is 0 Å². The summed E-state index contributed by atoms with van der Waals surface area (Å²) in [5, 5.41) is 2.97. The van der Waals surface area contributed by atoms with Crippen LogP contribution in [0.4, 0.5) is 0 Å². The highest BCUT2D eigenvalue weighted by molar-refractivity contribution is 5.89. The number of benzene rings is 1. The molecule has 0 unspecified atom stereocenters. The van der Waals surface area contributed by atoms with Crippen LogP contribution >= 0.6 is 0 Å². The van der Waals surface area contributed by atoms with Gasteiger partial charge in [0, 0.05) is 25.6 Å². The molecule has 1 aromatic rings. The minimum atomic E-state index is -0.195. The molecule has 0 aromatic heterocycles. The summed E-state index contributed by atoms with van der Waals surface area (Å²) in [7, 11) is 0. The van der Waals surface area contributed by atoms with Gasteiger partial charge in [-0.05, 0) is 32.3 Å². The van der Waals surface area contributed by atoms with Crippen LogP contribution in [0.1, 0.15) is 37.8 Å². The summed E-state index contributed by atoms with van der Waals surface area (Å²) in [4.78, 5) is 26.0. The average Bonchev–Trinajstić information content (AvgIpc) is 2.88. The van der Waals surface area contributed by atoms with E-state index in [0.29, 0.717) is 19.5 Å². The number of nitrogens with zero attached hydrogens (tertiary/aromatic N) is 1. The Morgan fingerprint density at radius 1 is 1.36 bits per heavy atom. The number of carbonyl (C=O) groups is 2. The number of aryl methyl sites for hydroxylation is 1. The molecule has 2 atom stereocenters. The summed E-state index contributed by atoms with van der Waals surface area (Å²) < 4.78 is 0. The largest absolute Gasteiger partial charge is 0.353 e. The summed E-state index contributed by atoms with van der Waals surface area (Å²) >= 11 is 0. The second-order valence-corrected chi connectivity index (χ2v) is 6.29. The Hall–Kier alpha value is -1.84. The van der Waals surface area contributed by atoms with E-state index >= 15 is 0 Å². The van der Waals surface area contributed by atoms with Crippen molar-refractivity contribution in [1.82, 2.24) is 10.2 Å². The predicted molar refractivity (Wildman–Crippen MR) is 87.5 cm³/mol. The first kappa shape index (κ1) is 16.5. The Morgan fingerprint density at radius 3 is 2.68 bits per heavy atom. The van der Waals surface area contributed by atoms with Gasteiger partial charge in [-0.1, -0.05) is 36.8 Å². The molecule has 1 heterocycles. The Labute approximate surface area is 132 Å². The average molecular weight is 302 g/mol. The van der Waals surface area contributed by atoms with E-state index in [2.05, 4.69) is 36.5 Å². The van der Waals surface area contributed by atoms with Crippen molar-refractivity contribution in [3.63, 3.8) is 0 Å². The summed E-state index contributed by atoms with van der Waals surface area (Å²) in [5.41, 5.74) is 2.47. The Bertz CT molecular complexity index is 524. The fraction of sp³-hybridized carbons (Fsp3) is 0.556. The van der Waals surface area contributed by atoms with Gasteiger partial charge in [0.05, 0.1) is 5.92 Å². The highest BCUT2D eigenvalue weighted by atomic mass is 16.2. The van der Waals surface area contributed by atoms with Gasteiger partial charge in [-0.3, -0.25) is 9.59 Å². The van der Waals surface area contributed by atoms with Crippen molar-refractivity contribution in [2.45, 2.75) is 46.1 Å². The zero-order valence-corrected chi connectivity index (χ0v) is 13.8. The Morgan fingerprint density at radius 2 is 2.05 bits per heavy atom. The lowest BCUT2D eigenvalue weighted by molar-refractivity contribution is -0.129. The summed E-state index contributed by atoms with van der Waals surface area (Å²) in [6, 6.07) is 8.54. The molecule has 1 N–H and O–H groups in total. The third kappa shape index (κ3) is 4.33. The van der Waals surface area contributed by atoms with E-state index in [4.69, 9.17) is 0 Å². The van der Waals surface area contributed by atoms with Crippen LogP contribution in [0.2, 0.25) is 0 Å². The topological polar surface area (TPSA) is 49.4 Å². The molecule has 2 rings (SSSR count). The molecule has 4 heteroatoms. The van der Waals surface area contributed by atoms with Crippen LogP contribution in [0, 0.1) is 12.8 Å². The second kappa shape index (κ2) is 7.43. The number of hydrogen-bond donors (Lipinski definition) is 1. The summed E-state index contributed by atoms with van der Waals surface area (Å²) in [5.74, 6) is -0.0866. The van der Waals surface area contributed by atoms with Crippen LogP contribution in [-0.2, 0) is 16.0 Å². The molecule has 0 bridgehead atoms. The molecule has 120 valence electrons. The van der Waals surface area contributed by atoms with Crippen molar-refractivity contribution in [3.05, 3.63) is 35.4 Å². The molecule has 0 spiro atoms. The lowest BCUT2D eigenvalue weighted by Crippen LogP contribution is -2.38. The second-order valence-electron chi connectivity index (χ2n) is 6.29. The lowest BCUT2D eigenvalue weighted by atomic mass is 10.1. The van der Waals surface area contributed by atoms with Crippen molar-refractivity contribution >= 4 is 11.8 Å². The van der Waals surface area contributed by atoms with Gasteiger partial charge in [0.2, 0.25) is 11.8 Å². The first-order chi connectivity index (χ1) is 10.5. The molecule has 0 aliphatic carbocycles. The number of rotatable bonds is 6. The minimum Gasteiger partial charge on any atom is -0.353 e. The van der Waals surface area contributed by atoms with Gasteiger partial charge in [0.25, 0.3) is 0 Å². The molecule has 0 radical (unpaired) electrons. The van der Waals surface area contributed by atoms with E-state index in [0.717, 1.165) is 12.8 Å². The van der Waals surface area contributed by atoms with Crippen LogP contribution in [-0.4, -0.2) is 35.8 Å². The number of likely N-dealkylation sites (tertiary alicyclic amines) is 1. The summed E-state index contributed by atoms with van der Waals surface area (Å²) in [6.45, 7) is 7.33. The zero-order valence-electron chi connectivity index (χ0n) is 13.8. The van der Waals surface area contributed by atoms with Crippen molar-refractivity contribution in [2.75, 3.05) is 13.1 Å². The maximum absolute atomic E-state index is 12.1. The van der Waals surface area contributed by atoms with E-state index in [1.54, 1.807) is 0 Å². The van der Waals surface area contributed by atoms with E-state index in [1.165, 1.54) is 11.1 Å². The van der Waals surface area contributed by atoms with Crippen molar-refractivity contribution in [2.24, 2.45) is 5.92 Å². The molecule has 1 saturated heterocycles. The van der Waals surface area contributed by atoms with Crippen LogP contribution in [0.5, 0.6) is 0 Å². The standard InChI is InChI=1S/C18H26N2O2/c1-4-14(3)19-18(22)16-11-17(21)20(12-16)10-9-15-7-5-13(2)6-8-15/h5-8,14,16H,4,9-12H2,1-3H3,(H,19,22)/t14-,16+/m0/s1. The van der Waals surface area contributed by atoms with E-state index in [1.807, 2.05) is 18.7 Å². The number of hydrogen-bond acceptors (Lipinski definition) is 2. The maximum atomic E-state index is 12.1. The van der Waals surface area contributed by atoms with Crippen LogP contribution in [0.3, 0.4) is 0 Å². The molecular formula is C18H26N2O2. The van der Waals surface area contributed by atoms with Crippen molar-refractivity contribution in [1.29, 1.82) is 0 Å². The van der Waals surface area contributed by atoms with Gasteiger partial charge in [0.15, 0.2) is 0 Å². The molecule has 1 aromatic carbocycles. The van der Waals surface area contributed by atoms with Crippen molar-refractivity contribution < 1.29 is 9.59 Å². The lowest BCUT2D eigenvalue weighted by Gasteiger charge is -2.18. The van der Waals surface area contributed by atoms with Gasteiger partial charge in [-0.2, -0.15) is 0 Å². The van der Waals surface area contributed by atoms with E-state index in [-0.39, 0.29) is 23.8 Å². The molecule has 1 aliphatic rings. The quantitative estimate of drug-likeness (QED) is 0.876. The molecule has 0 saturated carbocycles. The first-order valence-electron chi connectivity index (χ1n) is 8.13. The smallest absolute Gasteiger partial charge is 0.225 e. The maximum Gasteiger partial charge on any atom is 0.225 e. The highest BCUT2D eigenvalue weighted by Gasteiger charge is 2.34. The first-order valence-corrected chi connectivity index (χ1v) is 8.13. The molecule has 2 amide bonds. The number of carbonyl (C=O) groups excluding carboxylic acids is 2. The Balaban J connectivity index is 1.84. The molecular weight excluding hydrogens is 276 g/mol. The molecule has 1 aliphatic heterocycles. The minimum absolute atomic E-state index is 0.0144. The monoisotopic (exact) mass is 302 g/mol. The third-order valence-electron chi connectivity index (χ3n) is 4.38. The SMILES string of the molecule is CC[C@H](C)NC(=O)[C@@H]1CC(=O)N(CCc2ccc(C)cc2)C1. The predicted octanol–water partition coefficient (Wildman–Crippen LogP) is 2.30. The van der Waals surface area contributed by atoms with Crippen LogP contribution in [0.25, 0.3) is 0 Å². The summed E-state index contributed by atoms with van der Waals surface area (Å²) in [6.07, 6.45) is 2.09. The highest BCUT2D eigenvalue weighted by Crippen LogP contribution is 2.19. The fourth-order valence-electron chi connectivity index (χ4n) is 2.65. The van der Waals surface area contributed by atoms with E-state index in [9.17, 15) is 9.59 Å². The molecule has 4 nitrogen and oxygen atoms in total. The number of amides is 2. The number of nitrogens with one attached hydrogen (secondary N) is 1. The molecule has 1 fully saturated rings. The third-order valence-corrected chi connectivity index (χ3v) is 4.38. The molecule has 22 heavy (non-hydrogen) atoms. The van der Waals surface area contributed by atoms with Gasteiger partial charge < -0.3 is 10.2 Å².